The Hall–Kier alpha value is -3.05. The summed E-state index contributed by atoms with van der Waals surface area (Å²) < 4.78 is 1.90. The van der Waals surface area contributed by atoms with Crippen LogP contribution in [-0.2, 0) is 6.42 Å². The SMILES string of the molecule is CCc1cc(-n2cc(C(=O)CC(C)(C)C)c3cc(-c4c(C)cccc4C)ncc32)nc(Cl)n1. The average Bonchev–Trinajstić information content (AvgIpc) is 3.11. The molecule has 0 amide bonds. The fourth-order valence-corrected chi connectivity index (χ4v) is 4.42. The van der Waals surface area contributed by atoms with Gasteiger partial charge in [0.1, 0.15) is 5.82 Å². The highest BCUT2D eigenvalue weighted by molar-refractivity contribution is 6.28. The molecule has 0 aliphatic rings. The van der Waals surface area contributed by atoms with Crippen molar-refractivity contribution in [3.8, 4) is 17.1 Å². The van der Waals surface area contributed by atoms with E-state index >= 15 is 0 Å². The number of carbonyl (C=O) groups excluding carboxylic acids is 1. The highest BCUT2D eigenvalue weighted by Crippen LogP contribution is 2.33. The third-order valence-corrected chi connectivity index (χ3v) is 5.94. The Morgan fingerprint density at radius 2 is 1.79 bits per heavy atom. The minimum Gasteiger partial charge on any atom is -0.299 e. The van der Waals surface area contributed by atoms with Crippen molar-refractivity contribution in [2.24, 2.45) is 5.41 Å². The average molecular weight is 461 g/mol. The van der Waals surface area contributed by atoms with E-state index in [9.17, 15) is 4.79 Å². The van der Waals surface area contributed by atoms with Crippen molar-refractivity contribution in [1.82, 2.24) is 19.5 Å². The minimum absolute atomic E-state index is 0.0979. The van der Waals surface area contributed by atoms with Gasteiger partial charge in [-0.3, -0.25) is 14.3 Å². The molecule has 0 aliphatic carbocycles. The quantitative estimate of drug-likeness (QED) is 0.239. The van der Waals surface area contributed by atoms with Crippen LogP contribution in [-0.4, -0.2) is 25.3 Å². The first-order valence-electron chi connectivity index (χ1n) is 11.2. The molecule has 170 valence electrons. The van der Waals surface area contributed by atoms with Crippen molar-refractivity contribution in [2.45, 2.75) is 54.4 Å². The highest BCUT2D eigenvalue weighted by atomic mass is 35.5. The van der Waals surface area contributed by atoms with E-state index in [0.29, 0.717) is 17.8 Å². The van der Waals surface area contributed by atoms with Crippen LogP contribution in [0.2, 0.25) is 5.28 Å². The number of hydrogen-bond donors (Lipinski definition) is 0. The molecule has 0 N–H and O–H groups in total. The number of rotatable bonds is 5. The molecule has 0 radical (unpaired) electrons. The molecule has 33 heavy (non-hydrogen) atoms. The van der Waals surface area contributed by atoms with Crippen LogP contribution in [0.5, 0.6) is 0 Å². The van der Waals surface area contributed by atoms with E-state index in [1.54, 1.807) is 0 Å². The predicted molar refractivity (Wildman–Crippen MR) is 134 cm³/mol. The van der Waals surface area contributed by atoms with Crippen LogP contribution in [0, 0.1) is 19.3 Å². The maximum absolute atomic E-state index is 13.4. The lowest BCUT2D eigenvalue weighted by Crippen LogP contribution is -2.12. The molecule has 0 bridgehead atoms. The second-order valence-electron chi connectivity index (χ2n) is 9.77. The summed E-state index contributed by atoms with van der Waals surface area (Å²) in [5.74, 6) is 0.731. The highest BCUT2D eigenvalue weighted by Gasteiger charge is 2.23. The number of pyridine rings is 1. The normalized spacial score (nSPS) is 11.8. The van der Waals surface area contributed by atoms with Gasteiger partial charge in [0.25, 0.3) is 0 Å². The number of halogens is 1. The molecule has 1 aromatic carbocycles. The number of carbonyl (C=O) groups is 1. The summed E-state index contributed by atoms with van der Waals surface area (Å²) in [7, 11) is 0. The van der Waals surface area contributed by atoms with Gasteiger partial charge in [0.05, 0.1) is 17.4 Å². The number of benzene rings is 1. The molecule has 0 saturated carbocycles. The topological polar surface area (TPSA) is 60.7 Å². The summed E-state index contributed by atoms with van der Waals surface area (Å²) in [6.07, 6.45) is 4.87. The summed E-state index contributed by atoms with van der Waals surface area (Å²) in [6.45, 7) is 12.4. The lowest BCUT2D eigenvalue weighted by molar-refractivity contribution is 0.0941. The van der Waals surface area contributed by atoms with Crippen molar-refractivity contribution in [1.29, 1.82) is 0 Å². The van der Waals surface area contributed by atoms with E-state index in [4.69, 9.17) is 16.6 Å². The molecule has 0 spiro atoms. The van der Waals surface area contributed by atoms with Crippen molar-refractivity contribution in [2.75, 3.05) is 0 Å². The van der Waals surface area contributed by atoms with Gasteiger partial charge in [-0.25, -0.2) is 4.98 Å². The summed E-state index contributed by atoms with van der Waals surface area (Å²) >= 11 is 6.21. The fraction of sp³-hybridized carbons (Fsp3) is 0.333. The molecule has 4 aromatic rings. The number of Topliss-reactive ketones (excluding diaryl/α,β-unsaturated/α-hetero) is 1. The molecule has 3 aromatic heterocycles. The van der Waals surface area contributed by atoms with E-state index < -0.39 is 0 Å². The first-order chi connectivity index (χ1) is 15.6. The third kappa shape index (κ3) is 4.69. The molecule has 3 heterocycles. The number of hydrogen-bond acceptors (Lipinski definition) is 4. The van der Waals surface area contributed by atoms with Crippen molar-refractivity contribution >= 4 is 28.3 Å². The molecule has 0 unspecified atom stereocenters. The van der Waals surface area contributed by atoms with Crippen LogP contribution in [0.15, 0.2) is 42.7 Å². The smallest absolute Gasteiger partial charge is 0.224 e. The molecule has 0 atom stereocenters. The zero-order chi connectivity index (χ0) is 23.9. The van der Waals surface area contributed by atoms with E-state index in [0.717, 1.165) is 45.4 Å². The van der Waals surface area contributed by atoms with Crippen molar-refractivity contribution in [3.63, 3.8) is 0 Å². The molecule has 6 heteroatoms. The summed E-state index contributed by atoms with van der Waals surface area (Å²) in [5.41, 5.74) is 6.46. The van der Waals surface area contributed by atoms with Crippen LogP contribution in [0.4, 0.5) is 0 Å². The van der Waals surface area contributed by atoms with Crippen LogP contribution >= 0.6 is 11.6 Å². The van der Waals surface area contributed by atoms with Gasteiger partial charge in [0.15, 0.2) is 5.78 Å². The maximum Gasteiger partial charge on any atom is 0.224 e. The number of aryl methyl sites for hydroxylation is 3. The Morgan fingerprint density at radius 3 is 2.42 bits per heavy atom. The van der Waals surface area contributed by atoms with Gasteiger partial charge in [-0.15, -0.1) is 0 Å². The first-order valence-corrected chi connectivity index (χ1v) is 11.6. The Labute approximate surface area is 199 Å². The standard InChI is InChI=1S/C27H29ClN4O/c1-7-18-11-24(31-26(28)30-18)32-15-20(23(33)13-27(4,5)6)19-12-21(29-14-22(19)32)25-16(2)9-8-10-17(25)3/h8-12,14-15H,7,13H2,1-6H3. The Morgan fingerprint density at radius 1 is 1.09 bits per heavy atom. The second-order valence-corrected chi connectivity index (χ2v) is 10.1. The van der Waals surface area contributed by atoms with Crippen LogP contribution in [0.25, 0.3) is 28.0 Å². The Bertz CT molecular complexity index is 1340. The second kappa shape index (κ2) is 8.71. The van der Waals surface area contributed by atoms with E-state index in [1.807, 2.05) is 42.1 Å². The molecule has 0 aliphatic heterocycles. The van der Waals surface area contributed by atoms with E-state index in [2.05, 4.69) is 56.7 Å². The number of nitrogens with zero attached hydrogens (tertiary/aromatic N) is 4. The molecule has 0 fully saturated rings. The minimum atomic E-state index is -0.123. The lowest BCUT2D eigenvalue weighted by Gasteiger charge is -2.16. The summed E-state index contributed by atoms with van der Waals surface area (Å²) in [6, 6.07) is 10.1. The van der Waals surface area contributed by atoms with Crippen LogP contribution in [0.1, 0.15) is 61.3 Å². The monoisotopic (exact) mass is 460 g/mol. The molecular weight excluding hydrogens is 432 g/mol. The largest absolute Gasteiger partial charge is 0.299 e. The fourth-order valence-electron chi connectivity index (χ4n) is 4.22. The van der Waals surface area contributed by atoms with Gasteiger partial charge in [-0.05, 0) is 54.5 Å². The Balaban J connectivity index is 1.97. The van der Waals surface area contributed by atoms with E-state index in [1.165, 1.54) is 0 Å². The lowest BCUT2D eigenvalue weighted by atomic mass is 9.87. The van der Waals surface area contributed by atoms with Crippen LogP contribution < -0.4 is 0 Å². The summed E-state index contributed by atoms with van der Waals surface area (Å²) in [5, 5.41) is 1.05. The zero-order valence-electron chi connectivity index (χ0n) is 20.0. The third-order valence-electron chi connectivity index (χ3n) is 5.77. The van der Waals surface area contributed by atoms with Gasteiger partial charge >= 0.3 is 0 Å². The van der Waals surface area contributed by atoms with Crippen LogP contribution in [0.3, 0.4) is 0 Å². The van der Waals surface area contributed by atoms with Gasteiger partial charge in [0.2, 0.25) is 5.28 Å². The van der Waals surface area contributed by atoms with Crippen molar-refractivity contribution in [3.05, 3.63) is 70.4 Å². The van der Waals surface area contributed by atoms with Gasteiger partial charge in [-0.1, -0.05) is 45.9 Å². The van der Waals surface area contributed by atoms with E-state index in [-0.39, 0.29) is 16.5 Å². The summed E-state index contributed by atoms with van der Waals surface area (Å²) in [4.78, 5) is 26.9. The number of ketones is 1. The molecule has 4 rings (SSSR count). The molecule has 0 saturated heterocycles. The van der Waals surface area contributed by atoms with Gasteiger partial charge in [0, 0.05) is 40.9 Å². The maximum atomic E-state index is 13.4. The Kier molecular flexibility index (Phi) is 6.10. The number of aromatic nitrogens is 4. The van der Waals surface area contributed by atoms with Gasteiger partial charge in [-0.2, -0.15) is 4.98 Å². The van der Waals surface area contributed by atoms with Gasteiger partial charge < -0.3 is 0 Å². The number of fused-ring (bicyclic) bond motifs is 1. The molecule has 5 nitrogen and oxygen atoms in total. The van der Waals surface area contributed by atoms with Crippen molar-refractivity contribution < 1.29 is 4.79 Å². The first kappa shape index (κ1) is 23.1. The molecular formula is C27H29ClN4O. The zero-order valence-corrected chi connectivity index (χ0v) is 20.8. The predicted octanol–water partition coefficient (Wildman–Crippen LogP) is 6.93.